The Morgan fingerprint density at radius 2 is 2.07 bits per heavy atom. The minimum absolute atomic E-state index is 0. The van der Waals surface area contributed by atoms with Crippen molar-refractivity contribution in [3.05, 3.63) is 30.6 Å². The van der Waals surface area contributed by atoms with E-state index in [0.717, 1.165) is 0 Å². The van der Waals surface area contributed by atoms with E-state index in [1.807, 2.05) is 25.5 Å². The first-order valence-corrected chi connectivity index (χ1v) is 4.37. The fourth-order valence-corrected chi connectivity index (χ4v) is 1.62. The molecule has 76 valence electrons. The molecule has 1 heterocycles. The van der Waals surface area contributed by atoms with E-state index in [-0.39, 0.29) is 23.6 Å². The number of aliphatic hydroxyl groups is 1. The third-order valence-corrected chi connectivity index (χ3v) is 2.22. The maximum atomic E-state index is 8.86. The van der Waals surface area contributed by atoms with Crippen molar-refractivity contribution in [2.75, 3.05) is 6.61 Å². The van der Waals surface area contributed by atoms with Crippen LogP contribution in [0.1, 0.15) is 0 Å². The summed E-state index contributed by atoms with van der Waals surface area (Å²) in [7, 11) is 2.01. The van der Waals surface area contributed by atoms with Crippen LogP contribution in [0.2, 0.25) is 0 Å². The van der Waals surface area contributed by atoms with Crippen LogP contribution >= 0.6 is 0 Å². The molecule has 3 nitrogen and oxygen atoms in total. The molecular weight excluding hydrogens is 244 g/mol. The Bertz CT molecular complexity index is 425. The number of para-hydroxylation sites is 2. The first kappa shape index (κ1) is 11.2. The third-order valence-electron chi connectivity index (χ3n) is 2.22. The van der Waals surface area contributed by atoms with Crippen molar-refractivity contribution in [2.45, 2.75) is 6.54 Å². The van der Waals surface area contributed by atoms with Gasteiger partial charge in [-0.25, -0.2) is 9.13 Å². The molecule has 0 aliphatic carbocycles. The Morgan fingerprint density at radius 1 is 1.36 bits per heavy atom. The third kappa shape index (κ3) is 1.81. The standard InChI is InChI=1S/C10H13N2O.BrH/c1-11-8-12(6-7-13)10-5-3-2-4-9(10)11;/h2-5,8,13H,6-7H2,1H3;1H/q+1;/p-1. The van der Waals surface area contributed by atoms with Gasteiger partial charge in [-0.05, 0) is 12.1 Å². The average molecular weight is 257 g/mol. The SMILES string of the molecule is Cn1c[n+](CCO)c2ccccc21.[Br-]. The molecule has 0 spiro atoms. The van der Waals surface area contributed by atoms with Gasteiger partial charge in [-0.1, -0.05) is 12.1 Å². The first-order valence-electron chi connectivity index (χ1n) is 4.37. The van der Waals surface area contributed by atoms with E-state index >= 15 is 0 Å². The zero-order chi connectivity index (χ0) is 9.26. The molecule has 2 rings (SSSR count). The molecule has 0 aliphatic rings. The van der Waals surface area contributed by atoms with Crippen LogP contribution in [0.15, 0.2) is 30.6 Å². The number of hydrogen-bond donors (Lipinski definition) is 1. The summed E-state index contributed by atoms with van der Waals surface area (Å²) >= 11 is 0. The molecule has 0 amide bonds. The summed E-state index contributed by atoms with van der Waals surface area (Å²) in [6, 6.07) is 8.16. The Balaban J connectivity index is 0.000000980. The minimum Gasteiger partial charge on any atom is -1.00 e. The minimum atomic E-state index is 0. The van der Waals surface area contributed by atoms with E-state index in [0.29, 0.717) is 6.54 Å². The number of rotatable bonds is 2. The average Bonchev–Trinajstić information content (AvgIpc) is 2.46. The van der Waals surface area contributed by atoms with Gasteiger partial charge in [0.2, 0.25) is 6.33 Å². The summed E-state index contributed by atoms with van der Waals surface area (Å²) in [4.78, 5) is 0. The lowest BCUT2D eigenvalue weighted by Gasteiger charge is -1.91. The lowest BCUT2D eigenvalue weighted by molar-refractivity contribution is -0.673. The number of aliphatic hydroxyl groups excluding tert-OH is 1. The number of halogens is 1. The van der Waals surface area contributed by atoms with Gasteiger partial charge in [0.25, 0.3) is 0 Å². The number of fused-ring (bicyclic) bond motifs is 1. The molecule has 0 saturated carbocycles. The summed E-state index contributed by atoms with van der Waals surface area (Å²) in [5.41, 5.74) is 2.36. The van der Waals surface area contributed by atoms with Crippen LogP contribution < -0.4 is 21.5 Å². The van der Waals surface area contributed by atoms with Crippen LogP contribution in [-0.4, -0.2) is 16.3 Å². The van der Waals surface area contributed by atoms with Gasteiger partial charge in [-0.3, -0.25) is 0 Å². The molecule has 1 aromatic carbocycles. The number of aryl methyl sites for hydroxylation is 1. The molecule has 0 bridgehead atoms. The largest absolute Gasteiger partial charge is 1.00 e. The second kappa shape index (κ2) is 4.57. The lowest BCUT2D eigenvalue weighted by atomic mass is 10.3. The number of imidazole rings is 1. The van der Waals surface area contributed by atoms with Gasteiger partial charge in [0.1, 0.15) is 6.54 Å². The van der Waals surface area contributed by atoms with Gasteiger partial charge in [0.15, 0.2) is 11.0 Å². The van der Waals surface area contributed by atoms with E-state index < -0.39 is 0 Å². The van der Waals surface area contributed by atoms with Crippen molar-refractivity contribution in [1.82, 2.24) is 4.57 Å². The van der Waals surface area contributed by atoms with E-state index in [2.05, 4.69) is 21.3 Å². The molecule has 0 aliphatic heterocycles. The normalized spacial score (nSPS) is 10.1. The van der Waals surface area contributed by atoms with Crippen molar-refractivity contribution >= 4 is 11.0 Å². The molecular formula is C10H13BrN2O. The molecule has 0 unspecified atom stereocenters. The predicted molar refractivity (Wildman–Crippen MR) is 50.2 cm³/mol. The number of aromatic nitrogens is 2. The Kier molecular flexibility index (Phi) is 3.66. The van der Waals surface area contributed by atoms with Crippen molar-refractivity contribution in [2.24, 2.45) is 7.05 Å². The first-order chi connectivity index (χ1) is 6.33. The zero-order valence-corrected chi connectivity index (χ0v) is 9.61. The van der Waals surface area contributed by atoms with E-state index in [4.69, 9.17) is 5.11 Å². The van der Waals surface area contributed by atoms with Crippen LogP contribution in [0.4, 0.5) is 0 Å². The van der Waals surface area contributed by atoms with Crippen molar-refractivity contribution in [3.8, 4) is 0 Å². The maximum Gasteiger partial charge on any atom is 0.244 e. The van der Waals surface area contributed by atoms with E-state index in [1.54, 1.807) is 0 Å². The van der Waals surface area contributed by atoms with Crippen LogP contribution in [0.25, 0.3) is 11.0 Å². The monoisotopic (exact) mass is 256 g/mol. The van der Waals surface area contributed by atoms with Crippen LogP contribution in [0, 0.1) is 0 Å². The van der Waals surface area contributed by atoms with Crippen molar-refractivity contribution in [3.63, 3.8) is 0 Å². The molecule has 4 heteroatoms. The summed E-state index contributed by atoms with van der Waals surface area (Å²) in [5.74, 6) is 0. The van der Waals surface area contributed by atoms with Gasteiger partial charge in [0.05, 0.1) is 13.7 Å². The van der Waals surface area contributed by atoms with E-state index in [1.165, 1.54) is 11.0 Å². The second-order valence-electron chi connectivity index (χ2n) is 3.13. The molecule has 1 N–H and O–H groups in total. The molecule has 0 fully saturated rings. The Hall–Kier alpha value is -0.870. The highest BCUT2D eigenvalue weighted by Gasteiger charge is 2.10. The highest BCUT2D eigenvalue weighted by Crippen LogP contribution is 2.08. The van der Waals surface area contributed by atoms with Gasteiger partial charge >= 0.3 is 0 Å². The molecule has 0 radical (unpaired) electrons. The zero-order valence-electron chi connectivity index (χ0n) is 8.02. The summed E-state index contributed by atoms with van der Waals surface area (Å²) in [6.07, 6.45) is 2.00. The maximum absolute atomic E-state index is 8.86. The molecule has 0 saturated heterocycles. The summed E-state index contributed by atoms with van der Waals surface area (Å²) in [5, 5.41) is 8.86. The lowest BCUT2D eigenvalue weighted by Crippen LogP contribution is -3.00. The van der Waals surface area contributed by atoms with Gasteiger partial charge < -0.3 is 22.1 Å². The fraction of sp³-hybridized carbons (Fsp3) is 0.300. The highest BCUT2D eigenvalue weighted by atomic mass is 79.9. The fourth-order valence-electron chi connectivity index (χ4n) is 1.62. The predicted octanol–water partition coefficient (Wildman–Crippen LogP) is -2.54. The molecule has 1 aromatic heterocycles. The number of hydrogen-bond acceptors (Lipinski definition) is 1. The highest BCUT2D eigenvalue weighted by molar-refractivity contribution is 5.71. The Labute approximate surface area is 93.4 Å². The molecule has 2 aromatic rings. The van der Waals surface area contributed by atoms with Crippen LogP contribution in [0.3, 0.4) is 0 Å². The smallest absolute Gasteiger partial charge is 0.244 e. The number of nitrogens with zero attached hydrogens (tertiary/aromatic N) is 2. The van der Waals surface area contributed by atoms with Gasteiger partial charge in [-0.15, -0.1) is 0 Å². The van der Waals surface area contributed by atoms with Gasteiger partial charge in [-0.2, -0.15) is 0 Å². The quantitative estimate of drug-likeness (QED) is 0.590. The van der Waals surface area contributed by atoms with Crippen LogP contribution in [0.5, 0.6) is 0 Å². The van der Waals surface area contributed by atoms with E-state index in [9.17, 15) is 0 Å². The van der Waals surface area contributed by atoms with Crippen molar-refractivity contribution in [1.29, 1.82) is 0 Å². The Morgan fingerprint density at radius 3 is 2.79 bits per heavy atom. The summed E-state index contributed by atoms with van der Waals surface area (Å²) in [6.45, 7) is 0.833. The van der Waals surface area contributed by atoms with Crippen molar-refractivity contribution < 1.29 is 26.7 Å². The summed E-state index contributed by atoms with van der Waals surface area (Å²) < 4.78 is 4.11. The second-order valence-corrected chi connectivity index (χ2v) is 3.13. The topological polar surface area (TPSA) is 29.0 Å². The molecule has 14 heavy (non-hydrogen) atoms. The van der Waals surface area contributed by atoms with Crippen LogP contribution in [-0.2, 0) is 13.6 Å². The molecule has 0 atom stereocenters. The number of benzene rings is 1. The van der Waals surface area contributed by atoms with Gasteiger partial charge in [0, 0.05) is 0 Å².